The summed E-state index contributed by atoms with van der Waals surface area (Å²) in [6, 6.07) is 19.7. The number of aromatic nitrogens is 1. The molecule has 4 N–H and O–H groups in total. The van der Waals surface area contributed by atoms with Crippen molar-refractivity contribution in [1.82, 2.24) is 9.88 Å². The number of nitrogens with one attached hydrogen (secondary N) is 3. The second kappa shape index (κ2) is 13.0. The second-order valence-electron chi connectivity index (χ2n) is 8.77. The van der Waals surface area contributed by atoms with Crippen LogP contribution in [-0.4, -0.2) is 54.1 Å². The molecule has 0 fully saturated rings. The number of amides is 3. The zero-order chi connectivity index (χ0) is 30.2. The number of carbonyl (C=O) groups excluding carboxylic acids is 3. The van der Waals surface area contributed by atoms with E-state index in [1.807, 2.05) is 0 Å². The largest absolute Gasteiger partial charge is 0.493 e. The fourth-order valence-electron chi connectivity index (χ4n) is 3.94. The van der Waals surface area contributed by atoms with E-state index in [4.69, 9.17) is 14.6 Å². The third-order valence-electron chi connectivity index (χ3n) is 6.05. The van der Waals surface area contributed by atoms with Gasteiger partial charge in [-0.1, -0.05) is 6.07 Å². The molecule has 0 aliphatic heterocycles. The van der Waals surface area contributed by atoms with E-state index in [-0.39, 0.29) is 33.6 Å². The van der Waals surface area contributed by atoms with Crippen molar-refractivity contribution >= 4 is 35.1 Å². The first kappa shape index (κ1) is 29.1. The minimum atomic E-state index is -1.22. The highest BCUT2D eigenvalue weighted by atomic mass is 16.5. The summed E-state index contributed by atoms with van der Waals surface area (Å²) in [5.74, 6) is -2.27. The van der Waals surface area contributed by atoms with E-state index in [9.17, 15) is 24.0 Å². The highest BCUT2D eigenvalue weighted by Gasteiger charge is 2.17. The average Bonchev–Trinajstić information content (AvgIpc) is 3.00. The molecule has 214 valence electrons. The fraction of sp³-hybridized carbons (Fsp3) is 0.100. The van der Waals surface area contributed by atoms with Crippen LogP contribution < -0.4 is 31.0 Å². The van der Waals surface area contributed by atoms with E-state index in [0.717, 1.165) is 0 Å². The molecule has 0 bridgehead atoms. The molecule has 0 saturated carbocycles. The number of carbonyl (C=O) groups is 4. The van der Waals surface area contributed by atoms with E-state index < -0.39 is 30.2 Å². The third-order valence-corrected chi connectivity index (χ3v) is 6.05. The van der Waals surface area contributed by atoms with Crippen LogP contribution in [0.4, 0.5) is 11.4 Å². The molecule has 0 atom stereocenters. The summed E-state index contributed by atoms with van der Waals surface area (Å²) in [4.78, 5) is 61.8. The monoisotopic (exact) mass is 570 g/mol. The molecule has 0 aliphatic carbocycles. The molecule has 0 spiro atoms. The second-order valence-corrected chi connectivity index (χ2v) is 8.77. The molecule has 0 aliphatic rings. The Hall–Kier alpha value is -5.91. The molecule has 3 amide bonds. The Kier molecular flexibility index (Phi) is 8.98. The van der Waals surface area contributed by atoms with E-state index in [2.05, 4.69) is 16.0 Å². The Bertz CT molecular complexity index is 1710. The van der Waals surface area contributed by atoms with Gasteiger partial charge in [0, 0.05) is 34.6 Å². The summed E-state index contributed by atoms with van der Waals surface area (Å²) in [6.45, 7) is -0.601. The first-order chi connectivity index (χ1) is 20.2. The van der Waals surface area contributed by atoms with Crippen LogP contribution >= 0.6 is 0 Å². The van der Waals surface area contributed by atoms with Gasteiger partial charge in [0.25, 0.3) is 23.3 Å². The number of pyridine rings is 1. The number of aliphatic carboxylic acids is 1. The van der Waals surface area contributed by atoms with Crippen LogP contribution in [0.2, 0.25) is 0 Å². The summed E-state index contributed by atoms with van der Waals surface area (Å²) in [5.41, 5.74) is 1.12. The summed E-state index contributed by atoms with van der Waals surface area (Å²) in [7, 11) is 2.89. The Morgan fingerprint density at radius 2 is 1.33 bits per heavy atom. The first-order valence-corrected chi connectivity index (χ1v) is 12.5. The molecule has 12 nitrogen and oxygen atoms in total. The lowest BCUT2D eigenvalue weighted by Gasteiger charge is -2.15. The van der Waals surface area contributed by atoms with Crippen LogP contribution in [-0.2, 0) is 4.79 Å². The van der Waals surface area contributed by atoms with Crippen molar-refractivity contribution in [2.75, 3.05) is 31.4 Å². The number of anilines is 2. The maximum absolute atomic E-state index is 13.2. The van der Waals surface area contributed by atoms with Crippen molar-refractivity contribution in [3.63, 3.8) is 0 Å². The predicted octanol–water partition coefficient (Wildman–Crippen LogP) is 3.17. The molecular formula is C30H26N4O8. The lowest BCUT2D eigenvalue weighted by Crippen LogP contribution is -2.29. The third kappa shape index (κ3) is 6.80. The van der Waals surface area contributed by atoms with Gasteiger partial charge in [0.2, 0.25) is 0 Å². The summed E-state index contributed by atoms with van der Waals surface area (Å²) < 4.78 is 11.9. The van der Waals surface area contributed by atoms with Crippen LogP contribution in [0.1, 0.15) is 31.1 Å². The minimum Gasteiger partial charge on any atom is -0.493 e. The zero-order valence-corrected chi connectivity index (χ0v) is 22.5. The Morgan fingerprint density at radius 1 is 0.714 bits per heavy atom. The number of carboxylic acids is 1. The number of hydrogen-bond donors (Lipinski definition) is 4. The lowest BCUT2D eigenvalue weighted by atomic mass is 10.1. The maximum Gasteiger partial charge on any atom is 0.322 e. The van der Waals surface area contributed by atoms with Gasteiger partial charge in [0.15, 0.2) is 11.5 Å². The summed E-state index contributed by atoms with van der Waals surface area (Å²) >= 11 is 0. The molecule has 1 heterocycles. The minimum absolute atomic E-state index is 0.0505. The Balaban J connectivity index is 1.62. The van der Waals surface area contributed by atoms with Gasteiger partial charge in [-0.2, -0.15) is 0 Å². The van der Waals surface area contributed by atoms with Crippen LogP contribution in [0.5, 0.6) is 11.5 Å². The summed E-state index contributed by atoms with van der Waals surface area (Å²) in [6.07, 6.45) is 1.61. The van der Waals surface area contributed by atoms with Crippen molar-refractivity contribution in [2.45, 2.75) is 0 Å². The molecule has 4 rings (SSSR count). The number of hydrogen-bond acceptors (Lipinski definition) is 7. The van der Waals surface area contributed by atoms with E-state index in [1.165, 1.54) is 55.2 Å². The number of rotatable bonds is 10. The first-order valence-electron chi connectivity index (χ1n) is 12.5. The molecule has 4 aromatic rings. The summed E-state index contributed by atoms with van der Waals surface area (Å²) in [5, 5.41) is 16.5. The quantitative estimate of drug-likeness (QED) is 0.226. The smallest absolute Gasteiger partial charge is 0.322 e. The van der Waals surface area contributed by atoms with Crippen LogP contribution in [0.25, 0.3) is 5.69 Å². The molecule has 42 heavy (non-hydrogen) atoms. The molecule has 1 aromatic heterocycles. The van der Waals surface area contributed by atoms with Crippen molar-refractivity contribution < 1.29 is 33.8 Å². The topological polar surface area (TPSA) is 165 Å². The van der Waals surface area contributed by atoms with E-state index in [1.54, 1.807) is 48.7 Å². The SMILES string of the molecule is COc1ccc(C(=O)Nc2cc(C(=O)NCC(=O)O)ccc2NC(=O)c2ccc(-n3ccccc3=O)cc2)cc1OC. The number of ether oxygens (including phenoxy) is 2. The number of methoxy groups -OCH3 is 2. The van der Waals surface area contributed by atoms with Crippen LogP contribution in [0.15, 0.2) is 89.9 Å². The highest BCUT2D eigenvalue weighted by Crippen LogP contribution is 2.29. The average molecular weight is 571 g/mol. The van der Waals surface area contributed by atoms with Crippen molar-refractivity contribution in [3.8, 4) is 17.2 Å². The predicted molar refractivity (Wildman–Crippen MR) is 154 cm³/mol. The van der Waals surface area contributed by atoms with Crippen LogP contribution in [0.3, 0.4) is 0 Å². The fourth-order valence-corrected chi connectivity index (χ4v) is 3.94. The van der Waals surface area contributed by atoms with Gasteiger partial charge in [-0.05, 0) is 66.7 Å². The van der Waals surface area contributed by atoms with E-state index in [0.29, 0.717) is 17.2 Å². The number of nitrogens with zero attached hydrogens (tertiary/aromatic N) is 1. The molecule has 0 radical (unpaired) electrons. The van der Waals surface area contributed by atoms with Gasteiger partial charge in [-0.25, -0.2) is 0 Å². The van der Waals surface area contributed by atoms with Gasteiger partial charge in [-0.3, -0.25) is 28.5 Å². The standard InChI is InChI=1S/C30H26N4O8/c1-41-24-13-9-20(16-25(24)42-2)30(40)33-23-15-19(28(38)31-17-27(36)37)8-12-22(23)32-29(39)18-6-10-21(11-7-18)34-14-4-3-5-26(34)35/h3-16H,17H2,1-2H3,(H,31,38)(H,32,39)(H,33,40)(H,36,37). The van der Waals surface area contributed by atoms with Crippen molar-refractivity contribution in [2.24, 2.45) is 0 Å². The van der Waals surface area contributed by atoms with Gasteiger partial charge in [-0.15, -0.1) is 0 Å². The molecule has 3 aromatic carbocycles. The van der Waals surface area contributed by atoms with Crippen molar-refractivity contribution in [1.29, 1.82) is 0 Å². The maximum atomic E-state index is 13.2. The van der Waals surface area contributed by atoms with Crippen molar-refractivity contribution in [3.05, 3.63) is 112 Å². The Morgan fingerprint density at radius 3 is 2.00 bits per heavy atom. The Labute approximate surface area is 239 Å². The zero-order valence-electron chi connectivity index (χ0n) is 22.5. The van der Waals surface area contributed by atoms with Crippen LogP contribution in [0, 0.1) is 0 Å². The van der Waals surface area contributed by atoms with Gasteiger partial charge >= 0.3 is 5.97 Å². The number of carboxylic acid groups (broad SMARTS) is 1. The molecule has 0 saturated heterocycles. The molecule has 12 heteroatoms. The lowest BCUT2D eigenvalue weighted by molar-refractivity contribution is -0.135. The highest BCUT2D eigenvalue weighted by molar-refractivity contribution is 6.11. The van der Waals surface area contributed by atoms with Gasteiger partial charge in [0.1, 0.15) is 6.54 Å². The normalized spacial score (nSPS) is 10.3. The number of benzene rings is 3. The van der Waals surface area contributed by atoms with Gasteiger partial charge in [0.05, 0.1) is 25.6 Å². The van der Waals surface area contributed by atoms with Gasteiger partial charge < -0.3 is 30.5 Å². The molecule has 0 unspecified atom stereocenters. The van der Waals surface area contributed by atoms with E-state index >= 15 is 0 Å². The molecular weight excluding hydrogens is 544 g/mol.